The molecule has 0 heterocycles. The molecular formula is C14H18F3NO. The fourth-order valence-electron chi connectivity index (χ4n) is 2.15. The molecule has 0 unspecified atom stereocenters. The first-order chi connectivity index (χ1) is 8.78. The van der Waals surface area contributed by atoms with Gasteiger partial charge in [-0.15, -0.1) is 13.2 Å². The van der Waals surface area contributed by atoms with E-state index >= 15 is 0 Å². The number of halogens is 3. The number of alkyl halides is 3. The highest BCUT2D eigenvalue weighted by atomic mass is 19.4. The van der Waals surface area contributed by atoms with Crippen LogP contribution in [0.2, 0.25) is 0 Å². The minimum absolute atomic E-state index is 0.0503. The van der Waals surface area contributed by atoms with Crippen LogP contribution >= 0.6 is 0 Å². The largest absolute Gasteiger partial charge is 0.573 e. The molecule has 1 fully saturated rings. The summed E-state index contributed by atoms with van der Waals surface area (Å²) in [4.78, 5) is 0. The topological polar surface area (TPSA) is 21.3 Å². The molecule has 5 heteroatoms. The second-order valence-electron chi connectivity index (χ2n) is 5.51. The monoisotopic (exact) mass is 273 g/mol. The van der Waals surface area contributed by atoms with E-state index in [2.05, 4.69) is 23.9 Å². The Hall–Kier alpha value is -1.23. The van der Waals surface area contributed by atoms with E-state index in [1.54, 1.807) is 12.1 Å². The van der Waals surface area contributed by atoms with Crippen molar-refractivity contribution in [2.45, 2.75) is 45.1 Å². The highest BCUT2D eigenvalue weighted by Gasteiger charge is 2.37. The van der Waals surface area contributed by atoms with Gasteiger partial charge >= 0.3 is 6.36 Å². The van der Waals surface area contributed by atoms with Crippen LogP contribution in [0.25, 0.3) is 0 Å². The lowest BCUT2D eigenvalue weighted by Crippen LogP contribution is -2.40. The van der Waals surface area contributed by atoms with Gasteiger partial charge in [0.1, 0.15) is 5.75 Å². The molecule has 1 aromatic carbocycles. The summed E-state index contributed by atoms with van der Waals surface area (Å²) in [5.41, 5.74) is 0.472. The number of hydrogen-bond acceptors (Lipinski definition) is 2. The summed E-state index contributed by atoms with van der Waals surface area (Å²) in [6, 6.07) is 6.24. The van der Waals surface area contributed by atoms with E-state index in [-0.39, 0.29) is 11.3 Å². The first-order valence-electron chi connectivity index (χ1n) is 6.36. The van der Waals surface area contributed by atoms with Crippen molar-refractivity contribution in [3.8, 4) is 5.75 Å². The van der Waals surface area contributed by atoms with Crippen molar-refractivity contribution in [3.63, 3.8) is 0 Å². The molecule has 19 heavy (non-hydrogen) atoms. The minimum Gasteiger partial charge on any atom is -0.405 e. The van der Waals surface area contributed by atoms with Crippen molar-refractivity contribution < 1.29 is 17.9 Å². The van der Waals surface area contributed by atoms with Gasteiger partial charge in [-0.1, -0.05) is 18.2 Å². The first-order valence-corrected chi connectivity index (χ1v) is 6.36. The van der Waals surface area contributed by atoms with E-state index in [0.717, 1.165) is 0 Å². The van der Waals surface area contributed by atoms with Crippen molar-refractivity contribution in [2.24, 2.45) is 5.92 Å². The molecule has 0 saturated heterocycles. The molecular weight excluding hydrogens is 255 g/mol. The van der Waals surface area contributed by atoms with E-state index in [1.807, 2.05) is 0 Å². The van der Waals surface area contributed by atoms with Crippen LogP contribution in [0.1, 0.15) is 32.3 Å². The predicted octanol–water partition coefficient (Wildman–Crippen LogP) is 3.86. The van der Waals surface area contributed by atoms with E-state index < -0.39 is 6.36 Å². The number of hydrogen-bond donors (Lipinski definition) is 1. The van der Waals surface area contributed by atoms with Crippen LogP contribution in [0.5, 0.6) is 5.75 Å². The van der Waals surface area contributed by atoms with Crippen molar-refractivity contribution in [2.75, 3.05) is 0 Å². The smallest absolute Gasteiger partial charge is 0.405 e. The average molecular weight is 273 g/mol. The van der Waals surface area contributed by atoms with Crippen LogP contribution in [0.3, 0.4) is 0 Å². The summed E-state index contributed by atoms with van der Waals surface area (Å²) in [5.74, 6) is 0.484. The summed E-state index contributed by atoms with van der Waals surface area (Å²) in [6.45, 7) is 4.53. The third kappa shape index (κ3) is 4.13. The van der Waals surface area contributed by atoms with Gasteiger partial charge in [-0.2, -0.15) is 0 Å². The fraction of sp³-hybridized carbons (Fsp3) is 0.571. The molecule has 1 aliphatic rings. The Morgan fingerprint density at radius 2 is 1.84 bits per heavy atom. The summed E-state index contributed by atoms with van der Waals surface area (Å²) in [6.07, 6.45) is -2.29. The predicted molar refractivity (Wildman–Crippen MR) is 66.8 cm³/mol. The van der Waals surface area contributed by atoms with Gasteiger partial charge in [0.25, 0.3) is 0 Å². The van der Waals surface area contributed by atoms with Crippen LogP contribution in [0.15, 0.2) is 24.3 Å². The molecule has 2 rings (SSSR count). The molecule has 0 aliphatic heterocycles. The molecule has 0 spiro atoms. The lowest BCUT2D eigenvalue weighted by Gasteiger charge is -2.27. The number of rotatable bonds is 5. The number of nitrogens with one attached hydrogen (secondary N) is 1. The van der Waals surface area contributed by atoms with Gasteiger partial charge in [0.2, 0.25) is 0 Å². The molecule has 0 amide bonds. The molecule has 1 saturated carbocycles. The zero-order chi connectivity index (χ0) is 14.1. The summed E-state index contributed by atoms with van der Waals surface area (Å²) in [5, 5.41) is 3.32. The number of para-hydroxylation sites is 1. The maximum Gasteiger partial charge on any atom is 0.573 e. The molecule has 106 valence electrons. The third-order valence-electron chi connectivity index (χ3n) is 3.53. The van der Waals surface area contributed by atoms with Crippen LogP contribution in [0, 0.1) is 5.92 Å². The quantitative estimate of drug-likeness (QED) is 0.879. The summed E-state index contributed by atoms with van der Waals surface area (Å²) < 4.78 is 40.9. The SMILES string of the molecule is CC(C)(NCc1ccccc1OC(F)(F)F)C1CC1. The maximum absolute atomic E-state index is 12.3. The van der Waals surface area contributed by atoms with Crippen molar-refractivity contribution in [1.82, 2.24) is 5.32 Å². The molecule has 0 radical (unpaired) electrons. The molecule has 2 nitrogen and oxygen atoms in total. The maximum atomic E-state index is 12.3. The van der Waals surface area contributed by atoms with E-state index in [1.165, 1.54) is 25.0 Å². The van der Waals surface area contributed by atoms with Crippen LogP contribution in [0.4, 0.5) is 13.2 Å². The summed E-state index contributed by atoms with van der Waals surface area (Å²) in [7, 11) is 0. The molecule has 1 aliphatic carbocycles. The van der Waals surface area contributed by atoms with Crippen LogP contribution < -0.4 is 10.1 Å². The normalized spacial score (nSPS) is 16.5. The Kier molecular flexibility index (Phi) is 3.76. The zero-order valence-electron chi connectivity index (χ0n) is 11.1. The Morgan fingerprint density at radius 1 is 1.21 bits per heavy atom. The zero-order valence-corrected chi connectivity index (χ0v) is 11.1. The highest BCUT2D eigenvalue weighted by molar-refractivity contribution is 5.33. The van der Waals surface area contributed by atoms with Gasteiger partial charge in [-0.05, 0) is 38.7 Å². The average Bonchev–Trinajstić information content (AvgIpc) is 3.10. The Labute approximate surface area is 111 Å². The Bertz CT molecular complexity index is 439. The number of benzene rings is 1. The van der Waals surface area contributed by atoms with Gasteiger partial charge in [-0.3, -0.25) is 0 Å². The van der Waals surface area contributed by atoms with E-state index in [4.69, 9.17) is 0 Å². The van der Waals surface area contributed by atoms with E-state index in [9.17, 15) is 13.2 Å². The van der Waals surface area contributed by atoms with Gasteiger partial charge < -0.3 is 10.1 Å². The first kappa shape index (κ1) is 14.2. The molecule has 0 aromatic heterocycles. The van der Waals surface area contributed by atoms with Crippen LogP contribution in [-0.2, 0) is 6.54 Å². The van der Waals surface area contributed by atoms with Gasteiger partial charge in [0.15, 0.2) is 0 Å². The van der Waals surface area contributed by atoms with Crippen molar-refractivity contribution >= 4 is 0 Å². The van der Waals surface area contributed by atoms with Crippen molar-refractivity contribution in [3.05, 3.63) is 29.8 Å². The third-order valence-corrected chi connectivity index (χ3v) is 3.53. The fourth-order valence-corrected chi connectivity index (χ4v) is 2.15. The standard InChI is InChI=1S/C14H18F3NO/c1-13(2,11-7-8-11)18-9-10-5-3-4-6-12(10)19-14(15,16)17/h3-6,11,18H,7-9H2,1-2H3. The highest BCUT2D eigenvalue weighted by Crippen LogP contribution is 2.39. The van der Waals surface area contributed by atoms with Gasteiger partial charge in [-0.25, -0.2) is 0 Å². The summed E-state index contributed by atoms with van der Waals surface area (Å²) >= 11 is 0. The van der Waals surface area contributed by atoms with Gasteiger partial charge in [0.05, 0.1) is 0 Å². The van der Waals surface area contributed by atoms with E-state index in [0.29, 0.717) is 18.0 Å². The lowest BCUT2D eigenvalue weighted by molar-refractivity contribution is -0.274. The molecule has 0 atom stereocenters. The lowest BCUT2D eigenvalue weighted by atomic mass is 9.98. The second kappa shape index (κ2) is 5.04. The number of ether oxygens (including phenoxy) is 1. The van der Waals surface area contributed by atoms with Crippen LogP contribution in [-0.4, -0.2) is 11.9 Å². The molecule has 0 bridgehead atoms. The Balaban J connectivity index is 2.03. The minimum atomic E-state index is -4.65. The molecule has 1 N–H and O–H groups in total. The van der Waals surface area contributed by atoms with Gasteiger partial charge in [0, 0.05) is 17.6 Å². The Morgan fingerprint density at radius 3 is 2.42 bits per heavy atom. The van der Waals surface area contributed by atoms with Crippen molar-refractivity contribution in [1.29, 1.82) is 0 Å². The second-order valence-corrected chi connectivity index (χ2v) is 5.51. The molecule has 1 aromatic rings.